The van der Waals surface area contributed by atoms with Crippen LogP contribution >= 0.6 is 23.2 Å². The van der Waals surface area contributed by atoms with Gasteiger partial charge in [0.05, 0.1) is 6.10 Å². The van der Waals surface area contributed by atoms with Crippen molar-refractivity contribution in [1.29, 1.82) is 0 Å². The predicted octanol–water partition coefficient (Wildman–Crippen LogP) is 3.31. The molecule has 17 heavy (non-hydrogen) atoms. The molecule has 2 atom stereocenters. The molecule has 0 bridgehead atoms. The molecule has 0 spiro atoms. The van der Waals surface area contributed by atoms with Gasteiger partial charge in [0.15, 0.2) is 0 Å². The van der Waals surface area contributed by atoms with Crippen LogP contribution in [0.2, 0.25) is 10.0 Å². The first-order valence-corrected chi connectivity index (χ1v) is 6.28. The highest BCUT2D eigenvalue weighted by molar-refractivity contribution is 6.33. The van der Waals surface area contributed by atoms with E-state index >= 15 is 0 Å². The first kappa shape index (κ1) is 14.7. The number of methoxy groups -OCH3 is 1. The van der Waals surface area contributed by atoms with Gasteiger partial charge in [0.1, 0.15) is 0 Å². The Hall–Kier alpha value is -0.320. The third-order valence-corrected chi connectivity index (χ3v) is 3.38. The molecule has 3 N–H and O–H groups in total. The quantitative estimate of drug-likeness (QED) is 0.619. The molecule has 3 nitrogen and oxygen atoms in total. The van der Waals surface area contributed by atoms with E-state index in [9.17, 15) is 0 Å². The summed E-state index contributed by atoms with van der Waals surface area (Å²) in [5, 5.41) is 1.33. The molecule has 0 aliphatic heterocycles. The fourth-order valence-electron chi connectivity index (χ4n) is 1.63. The summed E-state index contributed by atoms with van der Waals surface area (Å²) >= 11 is 12.1. The molecular formula is C12H18Cl2N2O. The van der Waals surface area contributed by atoms with Gasteiger partial charge in [-0.15, -0.1) is 0 Å². The maximum Gasteiger partial charge on any atom is 0.0543 e. The van der Waals surface area contributed by atoms with E-state index in [1.54, 1.807) is 19.2 Å². The van der Waals surface area contributed by atoms with Crippen LogP contribution in [-0.4, -0.2) is 13.2 Å². The number of ether oxygens (including phenoxy) is 1. The number of rotatable bonds is 6. The third-order valence-electron chi connectivity index (χ3n) is 2.80. The molecular weight excluding hydrogens is 259 g/mol. The van der Waals surface area contributed by atoms with Crippen molar-refractivity contribution in [2.75, 3.05) is 7.11 Å². The minimum absolute atomic E-state index is 0.0150. The van der Waals surface area contributed by atoms with Crippen molar-refractivity contribution < 1.29 is 4.74 Å². The van der Waals surface area contributed by atoms with Crippen molar-refractivity contribution in [2.45, 2.75) is 31.9 Å². The number of hydrogen-bond acceptors (Lipinski definition) is 3. The van der Waals surface area contributed by atoms with E-state index in [1.165, 1.54) is 0 Å². The van der Waals surface area contributed by atoms with Crippen LogP contribution in [0.25, 0.3) is 0 Å². The summed E-state index contributed by atoms with van der Waals surface area (Å²) in [4.78, 5) is 0. The molecule has 0 aliphatic rings. The van der Waals surface area contributed by atoms with Gasteiger partial charge in [0.2, 0.25) is 0 Å². The standard InChI is InChI=1S/C12H18Cl2N2O/c1-8(17-2)3-6-12(16-15)10-7-9(13)4-5-11(10)14/h4-5,7-8,12,16H,3,6,15H2,1-2H3. The topological polar surface area (TPSA) is 47.3 Å². The Bertz CT molecular complexity index is 360. The molecule has 1 aromatic carbocycles. The molecule has 0 aliphatic carbocycles. The van der Waals surface area contributed by atoms with E-state index in [-0.39, 0.29) is 12.1 Å². The average molecular weight is 277 g/mol. The van der Waals surface area contributed by atoms with Crippen LogP contribution in [0.15, 0.2) is 18.2 Å². The van der Waals surface area contributed by atoms with Gasteiger partial charge in [-0.1, -0.05) is 23.2 Å². The molecule has 0 saturated carbocycles. The number of hydrazine groups is 1. The SMILES string of the molecule is COC(C)CCC(NN)c1cc(Cl)ccc1Cl. The third kappa shape index (κ3) is 4.45. The highest BCUT2D eigenvalue weighted by Crippen LogP contribution is 2.29. The minimum Gasteiger partial charge on any atom is -0.382 e. The highest BCUT2D eigenvalue weighted by Gasteiger charge is 2.15. The molecule has 0 aromatic heterocycles. The van der Waals surface area contributed by atoms with Crippen LogP contribution in [0.3, 0.4) is 0 Å². The summed E-state index contributed by atoms with van der Waals surface area (Å²) < 4.78 is 5.21. The van der Waals surface area contributed by atoms with Crippen LogP contribution in [0.1, 0.15) is 31.4 Å². The van der Waals surface area contributed by atoms with Crippen LogP contribution in [0, 0.1) is 0 Å². The van der Waals surface area contributed by atoms with Crippen LogP contribution in [-0.2, 0) is 4.74 Å². The second kappa shape index (κ2) is 7.19. The zero-order valence-electron chi connectivity index (χ0n) is 10.0. The lowest BCUT2D eigenvalue weighted by molar-refractivity contribution is 0.106. The van der Waals surface area contributed by atoms with Gasteiger partial charge in [0.25, 0.3) is 0 Å². The van der Waals surface area contributed by atoms with E-state index in [2.05, 4.69) is 5.43 Å². The monoisotopic (exact) mass is 276 g/mol. The van der Waals surface area contributed by atoms with E-state index in [4.69, 9.17) is 33.8 Å². The van der Waals surface area contributed by atoms with Crippen molar-refractivity contribution in [2.24, 2.45) is 5.84 Å². The van der Waals surface area contributed by atoms with Crippen LogP contribution in [0.5, 0.6) is 0 Å². The molecule has 0 amide bonds. The van der Waals surface area contributed by atoms with Crippen molar-refractivity contribution in [3.63, 3.8) is 0 Å². The summed E-state index contributed by atoms with van der Waals surface area (Å²) in [6.07, 6.45) is 1.93. The Morgan fingerprint density at radius 1 is 1.35 bits per heavy atom. The van der Waals surface area contributed by atoms with Gasteiger partial charge < -0.3 is 4.74 Å². The summed E-state index contributed by atoms with van der Waals surface area (Å²) in [5.74, 6) is 5.56. The highest BCUT2D eigenvalue weighted by atomic mass is 35.5. The summed E-state index contributed by atoms with van der Waals surface area (Å²) in [5.41, 5.74) is 3.69. The molecule has 1 rings (SSSR count). The first-order valence-electron chi connectivity index (χ1n) is 5.52. The second-order valence-corrected chi connectivity index (χ2v) is 4.85. The lowest BCUT2D eigenvalue weighted by Crippen LogP contribution is -2.29. The summed E-state index contributed by atoms with van der Waals surface area (Å²) in [6, 6.07) is 5.37. The molecule has 0 fully saturated rings. The number of halogens is 2. The fourth-order valence-corrected chi connectivity index (χ4v) is 2.06. The van der Waals surface area contributed by atoms with Gasteiger partial charge in [-0.05, 0) is 43.5 Å². The van der Waals surface area contributed by atoms with E-state index in [1.807, 2.05) is 13.0 Å². The van der Waals surface area contributed by atoms with E-state index < -0.39 is 0 Å². The fraction of sp³-hybridized carbons (Fsp3) is 0.500. The molecule has 0 heterocycles. The van der Waals surface area contributed by atoms with Crippen molar-refractivity contribution in [3.8, 4) is 0 Å². The largest absolute Gasteiger partial charge is 0.382 e. The van der Waals surface area contributed by atoms with Crippen LogP contribution < -0.4 is 11.3 Å². The number of nitrogens with one attached hydrogen (secondary N) is 1. The normalized spacial score (nSPS) is 14.6. The van der Waals surface area contributed by atoms with Gasteiger partial charge >= 0.3 is 0 Å². The van der Waals surface area contributed by atoms with Gasteiger partial charge in [0, 0.05) is 23.2 Å². The maximum atomic E-state index is 6.13. The maximum absolute atomic E-state index is 6.13. The van der Waals surface area contributed by atoms with Gasteiger partial charge in [-0.3, -0.25) is 11.3 Å². The Balaban J connectivity index is 2.75. The predicted molar refractivity (Wildman–Crippen MR) is 72.2 cm³/mol. The first-order chi connectivity index (χ1) is 8.08. The number of nitrogens with two attached hydrogens (primary N) is 1. The zero-order chi connectivity index (χ0) is 12.8. The Morgan fingerprint density at radius 3 is 2.65 bits per heavy atom. The van der Waals surface area contributed by atoms with Crippen molar-refractivity contribution in [3.05, 3.63) is 33.8 Å². The second-order valence-electron chi connectivity index (χ2n) is 4.01. The summed E-state index contributed by atoms with van der Waals surface area (Å²) in [7, 11) is 1.70. The molecule has 0 saturated heterocycles. The Morgan fingerprint density at radius 2 is 2.06 bits per heavy atom. The van der Waals surface area contributed by atoms with Gasteiger partial charge in [-0.2, -0.15) is 0 Å². The molecule has 96 valence electrons. The number of hydrogen-bond donors (Lipinski definition) is 2. The van der Waals surface area contributed by atoms with Gasteiger partial charge in [-0.25, -0.2) is 0 Å². The van der Waals surface area contributed by atoms with Crippen molar-refractivity contribution >= 4 is 23.2 Å². The Labute approximate surface area is 112 Å². The zero-order valence-corrected chi connectivity index (χ0v) is 11.6. The summed E-state index contributed by atoms with van der Waals surface area (Å²) in [6.45, 7) is 2.02. The molecule has 2 unspecified atom stereocenters. The van der Waals surface area contributed by atoms with E-state index in [0.29, 0.717) is 10.0 Å². The Kier molecular flexibility index (Phi) is 6.23. The van der Waals surface area contributed by atoms with E-state index in [0.717, 1.165) is 18.4 Å². The van der Waals surface area contributed by atoms with Crippen LogP contribution in [0.4, 0.5) is 0 Å². The lowest BCUT2D eigenvalue weighted by Gasteiger charge is -2.19. The molecule has 1 aromatic rings. The molecule has 0 radical (unpaired) electrons. The smallest absolute Gasteiger partial charge is 0.0543 e. The van der Waals surface area contributed by atoms with Crippen molar-refractivity contribution in [1.82, 2.24) is 5.43 Å². The number of benzene rings is 1. The molecule has 5 heteroatoms. The average Bonchev–Trinajstić information content (AvgIpc) is 2.33. The minimum atomic E-state index is -0.0150. The lowest BCUT2D eigenvalue weighted by atomic mass is 10.0.